The third kappa shape index (κ3) is 5.85. The van der Waals surface area contributed by atoms with Crippen LogP contribution in [-0.4, -0.2) is 38.9 Å². The standard InChI is InChI=1S/C15H25N5O2S/c1-3-16-14(22)18-13(21)10(2)23-15-17-12(19-20-15)9-8-11-6-4-5-7-11/h10-11H,3-9H2,1-2H3,(H,17,19,20)(H2,16,18,21,22). The van der Waals surface area contributed by atoms with Crippen molar-refractivity contribution in [2.75, 3.05) is 6.54 Å². The quantitative estimate of drug-likeness (QED) is 0.662. The molecule has 1 aliphatic rings. The van der Waals surface area contributed by atoms with E-state index in [0.717, 1.165) is 24.6 Å². The third-order valence-corrected chi connectivity index (χ3v) is 4.96. The number of nitrogens with zero attached hydrogens (tertiary/aromatic N) is 2. The van der Waals surface area contributed by atoms with Gasteiger partial charge in [-0.15, -0.1) is 5.10 Å². The van der Waals surface area contributed by atoms with Crippen molar-refractivity contribution in [2.45, 2.75) is 62.8 Å². The van der Waals surface area contributed by atoms with E-state index in [1.54, 1.807) is 13.8 Å². The van der Waals surface area contributed by atoms with Crippen molar-refractivity contribution in [3.05, 3.63) is 5.82 Å². The number of hydrogen-bond acceptors (Lipinski definition) is 5. The number of aromatic amines is 1. The van der Waals surface area contributed by atoms with Gasteiger partial charge in [0.2, 0.25) is 11.1 Å². The molecule has 1 saturated carbocycles. The molecular formula is C15H25N5O2S. The molecule has 0 aromatic carbocycles. The van der Waals surface area contributed by atoms with Gasteiger partial charge in [0.15, 0.2) is 0 Å². The number of amides is 3. The van der Waals surface area contributed by atoms with E-state index in [0.29, 0.717) is 11.7 Å². The van der Waals surface area contributed by atoms with Gasteiger partial charge in [-0.2, -0.15) is 0 Å². The average Bonchev–Trinajstić information content (AvgIpc) is 3.16. The minimum atomic E-state index is -0.475. The molecule has 0 saturated heterocycles. The Morgan fingerprint density at radius 2 is 2.13 bits per heavy atom. The number of carbonyl (C=O) groups excluding carboxylic acids is 2. The van der Waals surface area contributed by atoms with Crippen molar-refractivity contribution < 1.29 is 9.59 Å². The van der Waals surface area contributed by atoms with E-state index in [4.69, 9.17) is 0 Å². The summed E-state index contributed by atoms with van der Waals surface area (Å²) in [6, 6.07) is -0.475. The van der Waals surface area contributed by atoms with E-state index < -0.39 is 11.3 Å². The zero-order valence-electron chi connectivity index (χ0n) is 13.7. The van der Waals surface area contributed by atoms with Crippen LogP contribution in [0.4, 0.5) is 4.79 Å². The van der Waals surface area contributed by atoms with Crippen LogP contribution in [-0.2, 0) is 11.2 Å². The lowest BCUT2D eigenvalue weighted by molar-refractivity contribution is -0.119. The first-order chi connectivity index (χ1) is 11.1. The summed E-state index contributed by atoms with van der Waals surface area (Å²) in [5.74, 6) is 1.34. The zero-order chi connectivity index (χ0) is 16.7. The van der Waals surface area contributed by atoms with Crippen molar-refractivity contribution in [3.8, 4) is 0 Å². The molecule has 1 fully saturated rings. The lowest BCUT2D eigenvalue weighted by Gasteiger charge is -2.09. The molecule has 1 aliphatic carbocycles. The number of hydrogen-bond donors (Lipinski definition) is 3. The molecule has 0 aliphatic heterocycles. The Morgan fingerprint density at radius 1 is 1.39 bits per heavy atom. The molecule has 7 nitrogen and oxygen atoms in total. The van der Waals surface area contributed by atoms with Gasteiger partial charge in [0.25, 0.3) is 0 Å². The molecule has 3 N–H and O–H groups in total. The summed E-state index contributed by atoms with van der Waals surface area (Å²) in [4.78, 5) is 27.6. The summed E-state index contributed by atoms with van der Waals surface area (Å²) in [7, 11) is 0. The maximum Gasteiger partial charge on any atom is 0.321 e. The molecule has 3 amide bonds. The molecule has 0 spiro atoms. The van der Waals surface area contributed by atoms with Crippen LogP contribution < -0.4 is 10.6 Å². The van der Waals surface area contributed by atoms with Gasteiger partial charge in [-0.3, -0.25) is 15.2 Å². The van der Waals surface area contributed by atoms with Gasteiger partial charge >= 0.3 is 6.03 Å². The zero-order valence-corrected chi connectivity index (χ0v) is 14.5. The number of aromatic nitrogens is 3. The Balaban J connectivity index is 1.76. The molecule has 0 radical (unpaired) electrons. The molecular weight excluding hydrogens is 314 g/mol. The highest BCUT2D eigenvalue weighted by atomic mass is 32.2. The Bertz CT molecular complexity index is 528. The first-order valence-corrected chi connectivity index (χ1v) is 9.13. The van der Waals surface area contributed by atoms with Crippen LogP contribution in [0.3, 0.4) is 0 Å². The van der Waals surface area contributed by atoms with E-state index in [1.807, 2.05) is 0 Å². The summed E-state index contributed by atoms with van der Waals surface area (Å²) < 4.78 is 0. The first-order valence-electron chi connectivity index (χ1n) is 8.25. The molecule has 1 unspecified atom stereocenters. The van der Waals surface area contributed by atoms with Crippen molar-refractivity contribution in [1.82, 2.24) is 25.8 Å². The van der Waals surface area contributed by atoms with Gasteiger partial charge in [0, 0.05) is 13.0 Å². The van der Waals surface area contributed by atoms with Crippen LogP contribution in [0, 0.1) is 5.92 Å². The largest absolute Gasteiger partial charge is 0.338 e. The van der Waals surface area contributed by atoms with Crippen LogP contribution in [0.1, 0.15) is 51.8 Å². The smallest absolute Gasteiger partial charge is 0.321 e. The van der Waals surface area contributed by atoms with Crippen molar-refractivity contribution >= 4 is 23.7 Å². The summed E-state index contributed by atoms with van der Waals surface area (Å²) in [6.07, 6.45) is 7.39. The Morgan fingerprint density at radius 3 is 2.83 bits per heavy atom. The fourth-order valence-corrected chi connectivity index (χ4v) is 3.46. The van der Waals surface area contributed by atoms with Gasteiger partial charge in [-0.1, -0.05) is 37.4 Å². The predicted molar refractivity (Wildman–Crippen MR) is 89.2 cm³/mol. The molecule has 23 heavy (non-hydrogen) atoms. The number of rotatable bonds is 7. The van der Waals surface area contributed by atoms with Gasteiger partial charge in [-0.25, -0.2) is 9.78 Å². The third-order valence-electron chi connectivity index (χ3n) is 4.00. The number of nitrogens with one attached hydrogen (secondary N) is 3. The highest BCUT2D eigenvalue weighted by Crippen LogP contribution is 2.28. The normalized spacial score (nSPS) is 16.3. The second-order valence-corrected chi connectivity index (χ2v) is 7.17. The SMILES string of the molecule is CCNC(=O)NC(=O)C(C)Sc1n[nH]c(CCC2CCCC2)n1. The van der Waals surface area contributed by atoms with Gasteiger partial charge in [-0.05, 0) is 26.2 Å². The summed E-state index contributed by atoms with van der Waals surface area (Å²) >= 11 is 1.25. The highest BCUT2D eigenvalue weighted by molar-refractivity contribution is 8.00. The molecule has 1 heterocycles. The van der Waals surface area contributed by atoms with E-state index in [-0.39, 0.29) is 5.91 Å². The van der Waals surface area contributed by atoms with Crippen molar-refractivity contribution in [1.29, 1.82) is 0 Å². The molecule has 128 valence electrons. The van der Waals surface area contributed by atoms with Crippen LogP contribution in [0.2, 0.25) is 0 Å². The van der Waals surface area contributed by atoms with E-state index in [1.165, 1.54) is 37.4 Å². The number of carbonyl (C=O) groups is 2. The van der Waals surface area contributed by atoms with Gasteiger partial charge < -0.3 is 5.32 Å². The Labute approximate surface area is 140 Å². The van der Waals surface area contributed by atoms with Gasteiger partial charge in [0.05, 0.1) is 5.25 Å². The fourth-order valence-electron chi connectivity index (χ4n) is 2.71. The first kappa shape index (κ1) is 17.8. The number of urea groups is 1. The van der Waals surface area contributed by atoms with E-state index in [2.05, 4.69) is 25.8 Å². The number of aryl methyl sites for hydroxylation is 1. The van der Waals surface area contributed by atoms with Crippen LogP contribution >= 0.6 is 11.8 Å². The summed E-state index contributed by atoms with van der Waals surface area (Å²) in [6.45, 7) is 4.00. The predicted octanol–water partition coefficient (Wildman–Crippen LogP) is 2.25. The maximum atomic E-state index is 11.9. The molecule has 8 heteroatoms. The second-order valence-electron chi connectivity index (χ2n) is 5.86. The highest BCUT2D eigenvalue weighted by Gasteiger charge is 2.20. The van der Waals surface area contributed by atoms with E-state index >= 15 is 0 Å². The molecule has 1 atom stereocenters. The van der Waals surface area contributed by atoms with Crippen LogP contribution in [0.25, 0.3) is 0 Å². The lowest BCUT2D eigenvalue weighted by Crippen LogP contribution is -2.42. The molecule has 1 aromatic rings. The average molecular weight is 339 g/mol. The maximum absolute atomic E-state index is 11.9. The van der Waals surface area contributed by atoms with E-state index in [9.17, 15) is 9.59 Å². The molecule has 0 bridgehead atoms. The monoisotopic (exact) mass is 339 g/mol. The minimum absolute atomic E-state index is 0.349. The molecule has 2 rings (SSSR count). The number of imide groups is 1. The lowest BCUT2D eigenvalue weighted by atomic mass is 10.0. The Kier molecular flexibility index (Phi) is 6.88. The van der Waals surface area contributed by atoms with Crippen molar-refractivity contribution in [3.63, 3.8) is 0 Å². The number of H-pyrrole nitrogens is 1. The van der Waals surface area contributed by atoms with Crippen LogP contribution in [0.15, 0.2) is 5.16 Å². The number of thioether (sulfide) groups is 1. The molecule has 1 aromatic heterocycles. The van der Waals surface area contributed by atoms with Crippen LogP contribution in [0.5, 0.6) is 0 Å². The summed E-state index contributed by atoms with van der Waals surface area (Å²) in [5, 5.41) is 12.0. The summed E-state index contributed by atoms with van der Waals surface area (Å²) in [5.41, 5.74) is 0. The van der Waals surface area contributed by atoms with Crippen molar-refractivity contribution in [2.24, 2.45) is 5.92 Å². The topological polar surface area (TPSA) is 99.8 Å². The Hall–Kier alpha value is -1.57. The fraction of sp³-hybridized carbons (Fsp3) is 0.733. The van der Waals surface area contributed by atoms with Gasteiger partial charge in [0.1, 0.15) is 5.82 Å². The minimum Gasteiger partial charge on any atom is -0.338 e. The second kappa shape index (κ2) is 8.90.